The highest BCUT2D eigenvalue weighted by Crippen LogP contribution is 2.47. The van der Waals surface area contributed by atoms with E-state index in [2.05, 4.69) is 4.72 Å². The molecule has 1 aliphatic heterocycles. The molecule has 0 aliphatic carbocycles. The smallest absolute Gasteiger partial charge is 0.458 e. The van der Waals surface area contributed by atoms with Crippen molar-refractivity contribution in [2.75, 3.05) is 14.1 Å². The van der Waals surface area contributed by atoms with Gasteiger partial charge in [-0.25, -0.2) is 4.79 Å². The van der Waals surface area contributed by atoms with Crippen molar-refractivity contribution in [2.45, 2.75) is 89.7 Å². The van der Waals surface area contributed by atoms with Gasteiger partial charge < -0.3 is 14.0 Å². The number of esters is 1. The molecule has 0 spiro atoms. The third-order valence-electron chi connectivity index (χ3n) is 6.52. The third-order valence-corrected chi connectivity index (χ3v) is 8.06. The van der Waals surface area contributed by atoms with Crippen LogP contribution in [0.4, 0.5) is 13.2 Å². The number of benzene rings is 1. The van der Waals surface area contributed by atoms with Crippen LogP contribution in [0.25, 0.3) is 0 Å². The molecule has 0 radical (unpaired) electrons. The number of alkyl halides is 3. The summed E-state index contributed by atoms with van der Waals surface area (Å²) >= 11 is 0. The normalized spacial score (nSPS) is 20.8. The van der Waals surface area contributed by atoms with Crippen molar-refractivity contribution in [3.8, 4) is 0 Å². The van der Waals surface area contributed by atoms with Crippen molar-refractivity contribution >= 4 is 23.3 Å². The molecule has 1 saturated heterocycles. The molecule has 204 valence electrons. The van der Waals surface area contributed by atoms with Gasteiger partial charge in [-0.15, -0.1) is 0 Å². The van der Waals surface area contributed by atoms with Gasteiger partial charge >= 0.3 is 19.3 Å². The van der Waals surface area contributed by atoms with E-state index in [0.717, 1.165) is 28.6 Å². The molecule has 13 heteroatoms. The topological polar surface area (TPSA) is 94.2 Å². The van der Waals surface area contributed by atoms with Crippen LogP contribution < -0.4 is 4.72 Å². The molecule has 0 bridgehead atoms. The zero-order valence-electron chi connectivity index (χ0n) is 22.4. The highest BCUT2D eigenvalue weighted by atomic mass is 32.2. The standard InChI is InChI=1S/C23H36BF3N2O6S/c1-15(24-34-20(5,6)21(7,8)35-24)22(18(30)33-19(2,3)4,28-36(31,32)29(9)10)16-11-13-17(14-12-16)23(25,26)27/h11-15,28H,1-10H3/t15-,22+/m1/s1. The van der Waals surface area contributed by atoms with Gasteiger partial charge in [0.1, 0.15) is 5.60 Å². The first-order valence-corrected chi connectivity index (χ1v) is 12.9. The van der Waals surface area contributed by atoms with E-state index in [1.807, 2.05) is 0 Å². The summed E-state index contributed by atoms with van der Waals surface area (Å²) in [4.78, 5) is 13.9. The fraction of sp³-hybridized carbons (Fsp3) is 0.696. The van der Waals surface area contributed by atoms with Crippen LogP contribution in [0.15, 0.2) is 24.3 Å². The maximum absolute atomic E-state index is 13.9. The Morgan fingerprint density at radius 3 is 1.78 bits per heavy atom. The first-order chi connectivity index (χ1) is 16.0. The van der Waals surface area contributed by atoms with Crippen LogP contribution in [0.2, 0.25) is 5.82 Å². The van der Waals surface area contributed by atoms with Gasteiger partial charge in [0, 0.05) is 19.9 Å². The molecule has 1 heterocycles. The quantitative estimate of drug-likeness (QED) is 0.416. The maximum Gasteiger partial charge on any atom is 0.463 e. The number of nitrogens with one attached hydrogen (secondary N) is 1. The minimum Gasteiger partial charge on any atom is -0.458 e. The van der Waals surface area contributed by atoms with Crippen LogP contribution in [-0.2, 0) is 40.8 Å². The molecule has 1 fully saturated rings. The monoisotopic (exact) mass is 536 g/mol. The van der Waals surface area contributed by atoms with E-state index in [1.165, 1.54) is 21.0 Å². The lowest BCUT2D eigenvalue weighted by molar-refractivity contribution is -0.163. The zero-order valence-corrected chi connectivity index (χ0v) is 23.2. The zero-order chi connectivity index (χ0) is 28.1. The number of nitrogens with zero attached hydrogens (tertiary/aromatic N) is 1. The molecule has 0 aromatic heterocycles. The van der Waals surface area contributed by atoms with Crippen LogP contribution >= 0.6 is 0 Å². The first kappa shape index (κ1) is 30.6. The summed E-state index contributed by atoms with van der Waals surface area (Å²) in [7, 11) is -2.93. The average molecular weight is 536 g/mol. The van der Waals surface area contributed by atoms with Crippen LogP contribution in [0.3, 0.4) is 0 Å². The van der Waals surface area contributed by atoms with E-state index in [0.29, 0.717) is 0 Å². The predicted octanol–water partition coefficient (Wildman–Crippen LogP) is 4.12. The summed E-state index contributed by atoms with van der Waals surface area (Å²) in [5, 5.41) is 0. The van der Waals surface area contributed by atoms with Crippen molar-refractivity contribution in [3.63, 3.8) is 0 Å². The van der Waals surface area contributed by atoms with Crippen LogP contribution in [0, 0.1) is 0 Å². The largest absolute Gasteiger partial charge is 0.463 e. The fourth-order valence-corrected chi connectivity index (χ4v) is 4.61. The van der Waals surface area contributed by atoms with E-state index >= 15 is 0 Å². The summed E-state index contributed by atoms with van der Waals surface area (Å²) in [6.45, 7) is 13.5. The summed E-state index contributed by atoms with van der Waals surface area (Å²) < 4.78 is 87.3. The maximum atomic E-state index is 13.9. The van der Waals surface area contributed by atoms with Gasteiger partial charge in [-0.05, 0) is 66.2 Å². The van der Waals surface area contributed by atoms with Gasteiger partial charge in [-0.2, -0.15) is 30.6 Å². The number of rotatable bonds is 7. The van der Waals surface area contributed by atoms with Crippen LogP contribution in [-0.4, -0.2) is 56.7 Å². The van der Waals surface area contributed by atoms with E-state index in [1.54, 1.807) is 48.5 Å². The number of hydrogen-bond donors (Lipinski definition) is 1. The Morgan fingerprint density at radius 1 is 1.00 bits per heavy atom. The van der Waals surface area contributed by atoms with Gasteiger partial charge in [-0.1, -0.05) is 19.1 Å². The summed E-state index contributed by atoms with van der Waals surface area (Å²) in [5.41, 5.74) is -5.92. The Hall–Kier alpha value is -1.67. The number of hydrogen-bond acceptors (Lipinski definition) is 6. The van der Waals surface area contributed by atoms with Crippen LogP contribution in [0.5, 0.6) is 0 Å². The molecular weight excluding hydrogens is 500 g/mol. The first-order valence-electron chi connectivity index (χ1n) is 11.4. The van der Waals surface area contributed by atoms with Gasteiger partial charge in [0.05, 0.1) is 16.8 Å². The second-order valence-electron chi connectivity index (χ2n) is 11.2. The minimum atomic E-state index is -4.63. The Kier molecular flexibility index (Phi) is 8.13. The minimum absolute atomic E-state index is 0.0580. The summed E-state index contributed by atoms with van der Waals surface area (Å²) in [6.07, 6.45) is -4.63. The number of carbonyl (C=O) groups is 1. The molecule has 1 N–H and O–H groups in total. The highest BCUT2D eigenvalue weighted by molar-refractivity contribution is 7.87. The predicted molar refractivity (Wildman–Crippen MR) is 130 cm³/mol. The van der Waals surface area contributed by atoms with E-state index < -0.39 is 63.2 Å². The molecule has 2 atom stereocenters. The van der Waals surface area contributed by atoms with E-state index in [4.69, 9.17) is 14.0 Å². The number of carbonyl (C=O) groups excluding carboxylic acids is 1. The molecule has 8 nitrogen and oxygen atoms in total. The lowest BCUT2D eigenvalue weighted by Crippen LogP contribution is -2.60. The molecule has 0 unspecified atom stereocenters. The Bertz CT molecular complexity index is 1050. The summed E-state index contributed by atoms with van der Waals surface area (Å²) in [6, 6.07) is 3.70. The third kappa shape index (κ3) is 6.07. The number of halogens is 3. The second kappa shape index (κ2) is 9.57. The van der Waals surface area contributed by atoms with Crippen molar-refractivity contribution in [2.24, 2.45) is 0 Å². The Labute approximate surface area is 212 Å². The van der Waals surface area contributed by atoms with Gasteiger partial charge in [-0.3, -0.25) is 0 Å². The lowest BCUT2D eigenvalue weighted by atomic mass is 9.60. The van der Waals surface area contributed by atoms with Crippen molar-refractivity contribution in [1.29, 1.82) is 0 Å². The summed E-state index contributed by atoms with van der Waals surface area (Å²) in [5.74, 6) is -2.10. The molecule has 2 rings (SSSR count). The Balaban J connectivity index is 2.83. The van der Waals surface area contributed by atoms with E-state index in [-0.39, 0.29) is 5.56 Å². The SMILES string of the molecule is C[C@@H](B1OC(C)(C)C(C)(C)O1)[C@@](NS(=O)(=O)N(C)C)(C(=O)OC(C)(C)C)c1ccc(C(F)(F)F)cc1. The molecule has 0 amide bonds. The van der Waals surface area contributed by atoms with Gasteiger partial charge in [0.15, 0.2) is 5.54 Å². The van der Waals surface area contributed by atoms with Crippen LogP contribution in [0.1, 0.15) is 66.5 Å². The van der Waals surface area contributed by atoms with Crippen molar-refractivity contribution in [1.82, 2.24) is 9.03 Å². The van der Waals surface area contributed by atoms with Gasteiger partial charge in [0.2, 0.25) is 0 Å². The van der Waals surface area contributed by atoms with E-state index in [9.17, 15) is 26.4 Å². The highest BCUT2D eigenvalue weighted by Gasteiger charge is 2.62. The molecular formula is C23H36BF3N2O6S. The fourth-order valence-electron chi connectivity index (χ4n) is 3.63. The number of ether oxygens (including phenoxy) is 1. The molecule has 36 heavy (non-hydrogen) atoms. The molecule has 1 aromatic carbocycles. The van der Waals surface area contributed by atoms with Crippen molar-refractivity contribution < 1.29 is 40.4 Å². The van der Waals surface area contributed by atoms with Crippen molar-refractivity contribution in [3.05, 3.63) is 35.4 Å². The molecule has 0 saturated carbocycles. The second-order valence-corrected chi connectivity index (χ2v) is 13.1. The molecule has 1 aromatic rings. The lowest BCUT2D eigenvalue weighted by Gasteiger charge is -2.40. The molecule has 1 aliphatic rings. The Morgan fingerprint density at radius 2 is 1.42 bits per heavy atom. The van der Waals surface area contributed by atoms with Gasteiger partial charge in [0.25, 0.3) is 10.2 Å². The average Bonchev–Trinajstić information content (AvgIpc) is 2.90.